The summed E-state index contributed by atoms with van der Waals surface area (Å²) in [6.07, 6.45) is 9.63. The number of aromatic nitrogens is 4. The van der Waals surface area contributed by atoms with Crippen molar-refractivity contribution in [3.05, 3.63) is 48.0 Å². The first-order valence-electron chi connectivity index (χ1n) is 10.5. The molecule has 0 amide bonds. The zero-order valence-corrected chi connectivity index (χ0v) is 17.4. The van der Waals surface area contributed by atoms with Crippen LogP contribution < -0.4 is 9.64 Å². The molecule has 0 unspecified atom stereocenters. The number of benzene rings is 1. The van der Waals surface area contributed by atoms with E-state index in [1.54, 1.807) is 12.4 Å². The summed E-state index contributed by atoms with van der Waals surface area (Å²) >= 11 is 5.89. The normalized spacial score (nSPS) is 21.6. The summed E-state index contributed by atoms with van der Waals surface area (Å²) in [4.78, 5) is 15.0. The average molecular weight is 426 g/mol. The minimum atomic E-state index is 0.524. The predicted molar refractivity (Wildman–Crippen MR) is 113 cm³/mol. The Labute approximate surface area is 180 Å². The highest BCUT2D eigenvalue weighted by Gasteiger charge is 2.43. The first-order valence-corrected chi connectivity index (χ1v) is 10.9. The van der Waals surface area contributed by atoms with Gasteiger partial charge in [0, 0.05) is 18.7 Å². The van der Waals surface area contributed by atoms with Crippen LogP contribution in [0.2, 0.25) is 5.02 Å². The molecule has 30 heavy (non-hydrogen) atoms. The third kappa shape index (κ3) is 4.41. The first kappa shape index (κ1) is 19.3. The predicted octanol–water partition coefficient (Wildman–Crippen LogP) is 4.50. The number of ether oxygens (including phenoxy) is 1. The van der Waals surface area contributed by atoms with Gasteiger partial charge in [0.2, 0.25) is 5.95 Å². The molecule has 1 saturated heterocycles. The van der Waals surface area contributed by atoms with Crippen molar-refractivity contribution in [2.45, 2.75) is 25.7 Å². The second kappa shape index (κ2) is 8.60. The summed E-state index contributed by atoms with van der Waals surface area (Å²) in [6.45, 7) is 2.81. The summed E-state index contributed by atoms with van der Waals surface area (Å²) in [5.74, 6) is 4.66. The van der Waals surface area contributed by atoms with Crippen LogP contribution in [0.3, 0.4) is 0 Å². The molecule has 0 bridgehead atoms. The number of piperidine rings is 1. The lowest BCUT2D eigenvalue weighted by Crippen LogP contribution is -2.35. The number of hydrogen-bond acceptors (Lipinski definition) is 7. The Morgan fingerprint density at radius 1 is 1.07 bits per heavy atom. The Kier molecular flexibility index (Phi) is 5.53. The van der Waals surface area contributed by atoms with E-state index >= 15 is 0 Å². The number of nitrogens with zero attached hydrogens (tertiary/aromatic N) is 5. The molecule has 3 aromatic rings. The van der Waals surface area contributed by atoms with E-state index in [1.165, 1.54) is 25.6 Å². The lowest BCUT2D eigenvalue weighted by atomic mass is 9.90. The Morgan fingerprint density at radius 3 is 2.53 bits per heavy atom. The van der Waals surface area contributed by atoms with Gasteiger partial charge in [-0.3, -0.25) is 0 Å². The molecule has 1 aliphatic heterocycles. The highest BCUT2D eigenvalue weighted by Crippen LogP contribution is 2.49. The van der Waals surface area contributed by atoms with Crippen molar-refractivity contribution in [3.8, 4) is 17.2 Å². The minimum Gasteiger partial charge on any atom is -0.494 e. The monoisotopic (exact) mass is 425 g/mol. The van der Waals surface area contributed by atoms with Gasteiger partial charge in [0.05, 0.1) is 24.0 Å². The summed E-state index contributed by atoms with van der Waals surface area (Å²) in [5, 5.41) is 4.22. The number of anilines is 1. The molecule has 1 aliphatic carbocycles. The number of hydrogen-bond donors (Lipinski definition) is 0. The van der Waals surface area contributed by atoms with Gasteiger partial charge in [0.15, 0.2) is 6.33 Å². The summed E-state index contributed by atoms with van der Waals surface area (Å²) in [7, 11) is 0. The van der Waals surface area contributed by atoms with Crippen LogP contribution >= 0.6 is 11.6 Å². The van der Waals surface area contributed by atoms with Crippen LogP contribution in [-0.2, 0) is 0 Å². The van der Waals surface area contributed by atoms with E-state index in [2.05, 4.69) is 25.0 Å². The van der Waals surface area contributed by atoms with Crippen molar-refractivity contribution < 1.29 is 9.26 Å². The van der Waals surface area contributed by atoms with Crippen molar-refractivity contribution in [2.24, 2.45) is 17.8 Å². The van der Waals surface area contributed by atoms with Crippen LogP contribution in [0, 0.1) is 17.8 Å². The van der Waals surface area contributed by atoms with Crippen molar-refractivity contribution in [1.82, 2.24) is 20.1 Å². The van der Waals surface area contributed by atoms with Crippen LogP contribution in [0.1, 0.15) is 25.7 Å². The highest BCUT2D eigenvalue weighted by molar-refractivity contribution is 6.30. The fourth-order valence-corrected chi connectivity index (χ4v) is 4.60. The Hall–Kier alpha value is -2.67. The van der Waals surface area contributed by atoms with Gasteiger partial charge in [0.25, 0.3) is 5.89 Å². The molecule has 1 saturated carbocycles. The quantitative estimate of drug-likeness (QED) is 0.551. The molecule has 1 aromatic carbocycles. The van der Waals surface area contributed by atoms with E-state index in [0.29, 0.717) is 10.9 Å². The van der Waals surface area contributed by atoms with Crippen LogP contribution in [0.15, 0.2) is 47.5 Å². The maximum atomic E-state index is 5.95. The van der Waals surface area contributed by atoms with Gasteiger partial charge >= 0.3 is 0 Å². The van der Waals surface area contributed by atoms with Crippen molar-refractivity contribution in [1.29, 1.82) is 0 Å². The average Bonchev–Trinajstić information content (AvgIpc) is 3.34. The van der Waals surface area contributed by atoms with Crippen molar-refractivity contribution >= 4 is 17.5 Å². The molecule has 156 valence electrons. The maximum Gasteiger partial charge on any atom is 0.257 e. The number of rotatable bonds is 7. The zero-order chi connectivity index (χ0) is 20.3. The topological polar surface area (TPSA) is 77.2 Å². The molecule has 2 fully saturated rings. The molecule has 2 atom stereocenters. The Balaban J connectivity index is 1.03. The van der Waals surface area contributed by atoms with Crippen LogP contribution in [0.25, 0.3) is 11.5 Å². The molecule has 7 nitrogen and oxygen atoms in total. The van der Waals surface area contributed by atoms with Crippen LogP contribution in [0.5, 0.6) is 5.75 Å². The van der Waals surface area contributed by atoms with Gasteiger partial charge in [-0.2, -0.15) is 4.98 Å². The van der Waals surface area contributed by atoms with Crippen molar-refractivity contribution in [2.75, 3.05) is 24.6 Å². The lowest BCUT2D eigenvalue weighted by molar-refractivity contribution is 0.284. The fourth-order valence-electron chi connectivity index (χ4n) is 4.50. The van der Waals surface area contributed by atoms with Gasteiger partial charge in [-0.05, 0) is 67.7 Å². The van der Waals surface area contributed by atoms with E-state index in [4.69, 9.17) is 20.9 Å². The summed E-state index contributed by atoms with van der Waals surface area (Å²) < 4.78 is 11.0. The van der Waals surface area contributed by atoms with Gasteiger partial charge < -0.3 is 14.2 Å². The Morgan fingerprint density at radius 2 is 1.83 bits per heavy atom. The largest absolute Gasteiger partial charge is 0.494 e. The third-order valence-corrected chi connectivity index (χ3v) is 6.43. The van der Waals surface area contributed by atoms with Gasteiger partial charge in [-0.25, -0.2) is 9.97 Å². The Bertz CT molecular complexity index is 941. The lowest BCUT2D eigenvalue weighted by Gasteiger charge is -2.32. The van der Waals surface area contributed by atoms with Crippen LogP contribution in [-0.4, -0.2) is 39.8 Å². The SMILES string of the molecule is Clc1cnc(N2CCC([C@@H]3C[C@@H]3CCOc3ccc(-c4ncno4)cc3)CC2)nc1. The molecule has 8 heteroatoms. The zero-order valence-electron chi connectivity index (χ0n) is 16.7. The van der Waals surface area contributed by atoms with Crippen molar-refractivity contribution in [3.63, 3.8) is 0 Å². The molecular formula is C22H24ClN5O2. The standard InChI is InChI=1S/C22H24ClN5O2/c23-18-12-24-22(25-13-18)28-8-5-15(6-9-28)20-11-17(20)7-10-29-19-3-1-16(2-4-19)21-26-14-27-30-21/h1-4,12-15,17,20H,5-11H2/t17-,20-/m0/s1. The fraction of sp³-hybridized carbons (Fsp3) is 0.455. The molecule has 3 heterocycles. The smallest absolute Gasteiger partial charge is 0.257 e. The van der Waals surface area contributed by atoms with E-state index in [-0.39, 0.29) is 0 Å². The second-order valence-electron chi connectivity index (χ2n) is 8.09. The maximum absolute atomic E-state index is 5.95. The number of halogens is 1. The van der Waals surface area contributed by atoms with Gasteiger partial charge in [-0.1, -0.05) is 16.8 Å². The van der Waals surface area contributed by atoms with Gasteiger partial charge in [-0.15, -0.1) is 0 Å². The van der Waals surface area contributed by atoms with Crippen LogP contribution in [0.4, 0.5) is 5.95 Å². The first-order chi connectivity index (χ1) is 14.8. The molecule has 5 rings (SSSR count). The molecule has 2 aromatic heterocycles. The third-order valence-electron chi connectivity index (χ3n) is 6.23. The summed E-state index contributed by atoms with van der Waals surface area (Å²) in [6, 6.07) is 7.80. The molecule has 2 aliphatic rings. The molecule has 0 N–H and O–H groups in total. The van der Waals surface area contributed by atoms with Gasteiger partial charge in [0.1, 0.15) is 5.75 Å². The molecule has 0 radical (unpaired) electrons. The highest BCUT2D eigenvalue weighted by atomic mass is 35.5. The van der Waals surface area contributed by atoms with E-state index < -0.39 is 0 Å². The molecule has 0 spiro atoms. The minimum absolute atomic E-state index is 0.524. The molecular weight excluding hydrogens is 402 g/mol. The summed E-state index contributed by atoms with van der Waals surface area (Å²) in [5.41, 5.74) is 0.900. The van der Waals surface area contributed by atoms with E-state index in [9.17, 15) is 0 Å². The second-order valence-corrected chi connectivity index (χ2v) is 8.53. The van der Waals surface area contributed by atoms with E-state index in [1.807, 2.05) is 24.3 Å². The van der Waals surface area contributed by atoms with E-state index in [0.717, 1.165) is 61.1 Å².